The standard InChI is InChI=1S/C71H43N7/c72-44-55-66(71-73-56(45-23-3-1-4-24-45)43-57(74-71)46-25-5-2-6-26-46)68(76-60-37-17-9-29-49(60)50-30-10-18-38-61(50)76)70(78-64-41-21-13-33-53(64)54-34-14-22-42-65(54)78)69(77-62-39-19-11-31-51(62)52-32-12-20-40-63(52)77)67(55)75-58-35-15-7-27-47(58)48-28-8-16-36-59(48)75/h1-43H. The number of nitrogens with zero attached hydrogens (tertiary/aromatic N) is 7. The molecule has 5 heterocycles. The van der Waals surface area contributed by atoms with Crippen LogP contribution in [-0.4, -0.2) is 28.2 Å². The number of benzene rings is 11. The third kappa shape index (κ3) is 6.26. The summed E-state index contributed by atoms with van der Waals surface area (Å²) >= 11 is 0. The van der Waals surface area contributed by atoms with Crippen molar-refractivity contribution in [1.29, 1.82) is 5.26 Å². The van der Waals surface area contributed by atoms with Gasteiger partial charge >= 0.3 is 0 Å². The highest BCUT2D eigenvalue weighted by atomic mass is 15.1. The van der Waals surface area contributed by atoms with Crippen LogP contribution in [-0.2, 0) is 0 Å². The lowest BCUT2D eigenvalue weighted by atomic mass is 9.96. The molecule has 0 aliphatic carbocycles. The van der Waals surface area contributed by atoms with Gasteiger partial charge in [0.1, 0.15) is 6.07 Å². The first-order chi connectivity index (χ1) is 38.7. The van der Waals surface area contributed by atoms with Gasteiger partial charge in [-0.2, -0.15) is 5.26 Å². The van der Waals surface area contributed by atoms with Crippen molar-refractivity contribution in [3.63, 3.8) is 0 Å². The van der Waals surface area contributed by atoms with E-state index in [-0.39, 0.29) is 0 Å². The van der Waals surface area contributed by atoms with Gasteiger partial charge in [0.2, 0.25) is 0 Å². The molecule has 0 spiro atoms. The Morgan fingerprint density at radius 3 is 0.808 bits per heavy atom. The summed E-state index contributed by atoms with van der Waals surface area (Å²) in [4.78, 5) is 11.4. The molecule has 362 valence electrons. The predicted molar refractivity (Wildman–Crippen MR) is 320 cm³/mol. The Bertz CT molecular complexity index is 4890. The first-order valence-electron chi connectivity index (χ1n) is 26.3. The van der Waals surface area contributed by atoms with Crippen LogP contribution in [0, 0.1) is 11.3 Å². The molecule has 16 rings (SSSR count). The summed E-state index contributed by atoms with van der Waals surface area (Å²) in [5.74, 6) is 0.418. The lowest BCUT2D eigenvalue weighted by Crippen LogP contribution is -2.17. The molecule has 5 aromatic heterocycles. The van der Waals surface area contributed by atoms with Gasteiger partial charge < -0.3 is 18.3 Å². The largest absolute Gasteiger partial charge is 0.306 e. The monoisotopic (exact) mass is 993 g/mol. The highest BCUT2D eigenvalue weighted by Crippen LogP contribution is 2.51. The topological polar surface area (TPSA) is 69.3 Å². The number of para-hydroxylation sites is 8. The molecule has 0 saturated heterocycles. The molecule has 0 saturated carbocycles. The van der Waals surface area contributed by atoms with Crippen molar-refractivity contribution in [3.8, 4) is 62.7 Å². The van der Waals surface area contributed by atoms with Crippen LogP contribution in [0.15, 0.2) is 261 Å². The second kappa shape index (κ2) is 17.1. The van der Waals surface area contributed by atoms with Crippen LogP contribution in [0.3, 0.4) is 0 Å². The number of hydrogen-bond donors (Lipinski definition) is 0. The Hall–Kier alpha value is -10.8. The van der Waals surface area contributed by atoms with E-state index in [9.17, 15) is 5.26 Å². The molecule has 11 aromatic carbocycles. The zero-order chi connectivity index (χ0) is 51.4. The number of rotatable bonds is 7. The van der Waals surface area contributed by atoms with Gasteiger partial charge in [0.05, 0.1) is 89.4 Å². The Kier molecular flexibility index (Phi) is 9.56. The van der Waals surface area contributed by atoms with Gasteiger partial charge in [-0.05, 0) is 54.6 Å². The molecule has 0 aliphatic rings. The van der Waals surface area contributed by atoms with Gasteiger partial charge in [0, 0.05) is 54.2 Å². The minimum absolute atomic E-state index is 0.418. The quantitative estimate of drug-likeness (QED) is 0.160. The molecular weight excluding hydrogens is 951 g/mol. The van der Waals surface area contributed by atoms with E-state index >= 15 is 0 Å². The zero-order valence-electron chi connectivity index (χ0n) is 42.0. The van der Waals surface area contributed by atoms with E-state index < -0.39 is 0 Å². The van der Waals surface area contributed by atoms with Gasteiger partial charge in [0.15, 0.2) is 5.82 Å². The fourth-order valence-electron chi connectivity index (χ4n) is 12.6. The molecule has 16 aromatic rings. The van der Waals surface area contributed by atoms with Crippen molar-refractivity contribution < 1.29 is 0 Å². The Labute approximate surface area is 447 Å². The van der Waals surface area contributed by atoms with Gasteiger partial charge in [-0.1, -0.05) is 206 Å². The fraction of sp³-hybridized carbons (Fsp3) is 0. The predicted octanol–water partition coefficient (Wildman–Crippen LogP) is 17.7. The summed E-state index contributed by atoms with van der Waals surface area (Å²) < 4.78 is 9.63. The Morgan fingerprint density at radius 2 is 0.513 bits per heavy atom. The van der Waals surface area contributed by atoms with Gasteiger partial charge in [-0.15, -0.1) is 0 Å². The van der Waals surface area contributed by atoms with Crippen molar-refractivity contribution in [2.75, 3.05) is 0 Å². The van der Waals surface area contributed by atoms with Gasteiger partial charge in [0.25, 0.3) is 0 Å². The maximum atomic E-state index is 12.9. The van der Waals surface area contributed by atoms with Crippen molar-refractivity contribution >= 4 is 87.2 Å². The Morgan fingerprint density at radius 1 is 0.269 bits per heavy atom. The molecule has 0 N–H and O–H groups in total. The molecule has 0 aliphatic heterocycles. The van der Waals surface area contributed by atoms with Crippen molar-refractivity contribution in [1.82, 2.24) is 28.2 Å². The van der Waals surface area contributed by atoms with E-state index in [4.69, 9.17) is 9.97 Å². The van der Waals surface area contributed by atoms with Crippen molar-refractivity contribution in [2.45, 2.75) is 0 Å². The minimum Gasteiger partial charge on any atom is -0.306 e. The average Bonchev–Trinajstić information content (AvgIpc) is 4.42. The second-order valence-corrected chi connectivity index (χ2v) is 19.9. The number of hydrogen-bond acceptors (Lipinski definition) is 3. The summed E-state index contributed by atoms with van der Waals surface area (Å²) in [5, 5.41) is 21.6. The van der Waals surface area contributed by atoms with Gasteiger partial charge in [-0.25, -0.2) is 9.97 Å². The van der Waals surface area contributed by atoms with E-state index in [1.165, 1.54) is 0 Å². The van der Waals surface area contributed by atoms with Crippen LogP contribution in [0.5, 0.6) is 0 Å². The van der Waals surface area contributed by atoms with Crippen LogP contribution in [0.1, 0.15) is 5.56 Å². The van der Waals surface area contributed by atoms with Crippen LogP contribution in [0.4, 0.5) is 0 Å². The smallest absolute Gasteiger partial charge is 0.164 e. The molecule has 78 heavy (non-hydrogen) atoms. The summed E-state index contributed by atoms with van der Waals surface area (Å²) in [7, 11) is 0. The number of aromatic nitrogens is 6. The summed E-state index contributed by atoms with van der Waals surface area (Å²) in [6.07, 6.45) is 0. The zero-order valence-corrected chi connectivity index (χ0v) is 42.0. The maximum Gasteiger partial charge on any atom is 0.164 e. The third-order valence-electron chi connectivity index (χ3n) is 15.8. The third-order valence-corrected chi connectivity index (χ3v) is 15.8. The lowest BCUT2D eigenvalue weighted by molar-refractivity contribution is 1.01. The highest BCUT2D eigenvalue weighted by molar-refractivity contribution is 6.17. The van der Waals surface area contributed by atoms with E-state index in [1.807, 2.05) is 36.4 Å². The van der Waals surface area contributed by atoms with Crippen LogP contribution < -0.4 is 0 Å². The Balaban J connectivity index is 1.27. The fourth-order valence-corrected chi connectivity index (χ4v) is 12.6. The highest BCUT2D eigenvalue weighted by Gasteiger charge is 2.36. The summed E-state index contributed by atoms with van der Waals surface area (Å²) in [6, 6.07) is 95.0. The number of nitriles is 1. The normalized spacial score (nSPS) is 11.8. The van der Waals surface area contributed by atoms with E-state index in [1.54, 1.807) is 0 Å². The molecule has 0 radical (unpaired) electrons. The molecule has 0 fully saturated rings. The van der Waals surface area contributed by atoms with E-state index in [2.05, 4.69) is 249 Å². The molecular formula is C71H43N7. The van der Waals surface area contributed by atoms with Gasteiger partial charge in [-0.3, -0.25) is 0 Å². The average molecular weight is 994 g/mol. The van der Waals surface area contributed by atoms with E-state index in [0.29, 0.717) is 22.6 Å². The van der Waals surface area contributed by atoms with Crippen molar-refractivity contribution in [3.05, 3.63) is 266 Å². The summed E-state index contributed by atoms with van der Waals surface area (Å²) in [5.41, 5.74) is 15.4. The molecule has 0 unspecified atom stereocenters. The molecule has 0 atom stereocenters. The lowest BCUT2D eigenvalue weighted by Gasteiger charge is -2.29. The molecule has 0 bridgehead atoms. The molecule has 7 heteroatoms. The first-order valence-corrected chi connectivity index (χ1v) is 26.3. The minimum atomic E-state index is 0.418. The van der Waals surface area contributed by atoms with Crippen molar-refractivity contribution in [2.24, 2.45) is 0 Å². The maximum absolute atomic E-state index is 12.9. The summed E-state index contributed by atoms with van der Waals surface area (Å²) in [6.45, 7) is 0. The van der Waals surface area contributed by atoms with E-state index in [0.717, 1.165) is 127 Å². The molecule has 7 nitrogen and oxygen atoms in total. The first kappa shape index (κ1) is 43.6. The van der Waals surface area contributed by atoms with Crippen LogP contribution >= 0.6 is 0 Å². The molecule has 0 amide bonds. The van der Waals surface area contributed by atoms with Crippen LogP contribution in [0.2, 0.25) is 0 Å². The van der Waals surface area contributed by atoms with Crippen LogP contribution in [0.25, 0.3) is 144 Å². The SMILES string of the molecule is N#Cc1c(-c2nc(-c3ccccc3)cc(-c3ccccc3)n2)c(-n2c3ccccc3c3ccccc32)c(-n2c3ccccc3c3ccccc32)c(-n2c3ccccc3c3ccccc32)c1-n1c2ccccc2c2ccccc21. The second-order valence-electron chi connectivity index (χ2n) is 19.9. The number of fused-ring (bicyclic) bond motifs is 12.